The van der Waals surface area contributed by atoms with E-state index in [-0.39, 0.29) is 0 Å². The largest absolute Gasteiger partial charge is 0.497 e. The van der Waals surface area contributed by atoms with Crippen molar-refractivity contribution in [2.24, 2.45) is 0 Å². The van der Waals surface area contributed by atoms with Gasteiger partial charge in [0.2, 0.25) is 16.0 Å². The standard InChI is InChI=1S/C14H12N6OS2/c1-8-17-18-13(23-8)15-12-16-14-20(19-12)11(7-22-14)9-3-5-10(21-2)6-4-9/h3-7H,1-2H3,(H,15,18,19). The van der Waals surface area contributed by atoms with Crippen LogP contribution in [0.4, 0.5) is 11.1 Å². The molecule has 4 aromatic rings. The van der Waals surface area contributed by atoms with Crippen molar-refractivity contribution < 1.29 is 4.74 Å². The molecule has 0 bridgehead atoms. The molecule has 0 aliphatic heterocycles. The first kappa shape index (κ1) is 14.1. The van der Waals surface area contributed by atoms with Gasteiger partial charge in [-0.3, -0.25) is 5.32 Å². The summed E-state index contributed by atoms with van der Waals surface area (Å²) >= 11 is 3.01. The SMILES string of the molecule is COc1ccc(-c2csc3nc(Nc4nnc(C)s4)nn23)cc1. The fraction of sp³-hybridized carbons (Fsp3) is 0.143. The fourth-order valence-electron chi connectivity index (χ4n) is 2.14. The van der Waals surface area contributed by atoms with Crippen LogP contribution in [-0.4, -0.2) is 31.9 Å². The Balaban J connectivity index is 1.68. The first-order valence-electron chi connectivity index (χ1n) is 6.79. The van der Waals surface area contributed by atoms with Crippen LogP contribution in [0.3, 0.4) is 0 Å². The first-order chi connectivity index (χ1) is 11.2. The Morgan fingerprint density at radius 3 is 2.70 bits per heavy atom. The summed E-state index contributed by atoms with van der Waals surface area (Å²) < 4.78 is 7.01. The van der Waals surface area contributed by atoms with E-state index in [1.807, 2.05) is 41.1 Å². The maximum absolute atomic E-state index is 5.19. The van der Waals surface area contributed by atoms with E-state index in [2.05, 4.69) is 25.6 Å². The van der Waals surface area contributed by atoms with Gasteiger partial charge in [-0.1, -0.05) is 11.3 Å². The molecule has 7 nitrogen and oxygen atoms in total. The topological polar surface area (TPSA) is 77.2 Å². The summed E-state index contributed by atoms with van der Waals surface area (Å²) in [5.74, 6) is 1.34. The van der Waals surface area contributed by atoms with Crippen molar-refractivity contribution in [3.05, 3.63) is 34.7 Å². The molecule has 3 heterocycles. The maximum atomic E-state index is 5.19. The van der Waals surface area contributed by atoms with E-state index in [0.29, 0.717) is 11.1 Å². The molecule has 0 saturated heterocycles. The molecular weight excluding hydrogens is 332 g/mol. The van der Waals surface area contributed by atoms with E-state index in [1.54, 1.807) is 18.4 Å². The molecule has 0 atom stereocenters. The van der Waals surface area contributed by atoms with E-state index in [0.717, 1.165) is 27.0 Å². The second-order valence-corrected chi connectivity index (χ2v) is 6.75. The number of aromatic nitrogens is 5. The van der Waals surface area contributed by atoms with Gasteiger partial charge in [0.05, 0.1) is 12.8 Å². The van der Waals surface area contributed by atoms with E-state index in [4.69, 9.17) is 4.74 Å². The number of rotatable bonds is 4. The van der Waals surface area contributed by atoms with Crippen LogP contribution in [0.25, 0.3) is 16.2 Å². The molecular formula is C14H12N6OS2. The van der Waals surface area contributed by atoms with Crippen LogP contribution in [-0.2, 0) is 0 Å². The van der Waals surface area contributed by atoms with Crippen molar-refractivity contribution in [2.45, 2.75) is 6.92 Å². The molecule has 0 spiro atoms. The first-order valence-corrected chi connectivity index (χ1v) is 8.48. The monoisotopic (exact) mass is 344 g/mol. The van der Waals surface area contributed by atoms with Crippen LogP contribution in [0.15, 0.2) is 29.6 Å². The minimum Gasteiger partial charge on any atom is -0.497 e. The van der Waals surface area contributed by atoms with Crippen LogP contribution in [0.1, 0.15) is 5.01 Å². The summed E-state index contributed by atoms with van der Waals surface area (Å²) in [5, 5.41) is 19.2. The smallest absolute Gasteiger partial charge is 0.250 e. The summed E-state index contributed by atoms with van der Waals surface area (Å²) in [6.45, 7) is 1.91. The zero-order chi connectivity index (χ0) is 15.8. The quantitative estimate of drug-likeness (QED) is 0.611. The van der Waals surface area contributed by atoms with Crippen LogP contribution in [0.5, 0.6) is 5.75 Å². The number of thiazole rings is 1. The highest BCUT2D eigenvalue weighted by atomic mass is 32.1. The van der Waals surface area contributed by atoms with Crippen LogP contribution < -0.4 is 10.1 Å². The number of aryl methyl sites for hydroxylation is 1. The molecule has 0 aliphatic rings. The number of hydrogen-bond acceptors (Lipinski definition) is 8. The molecule has 116 valence electrons. The summed E-state index contributed by atoms with van der Waals surface area (Å²) in [4.78, 5) is 5.29. The second-order valence-electron chi connectivity index (χ2n) is 4.73. The minimum absolute atomic E-state index is 0.516. The van der Waals surface area contributed by atoms with Gasteiger partial charge in [-0.2, -0.15) is 4.98 Å². The van der Waals surface area contributed by atoms with Gasteiger partial charge in [0.1, 0.15) is 10.8 Å². The lowest BCUT2D eigenvalue weighted by Crippen LogP contribution is -1.94. The Morgan fingerprint density at radius 2 is 2.00 bits per heavy atom. The van der Waals surface area contributed by atoms with Gasteiger partial charge in [-0.25, -0.2) is 4.52 Å². The molecule has 3 aromatic heterocycles. The third kappa shape index (κ3) is 2.64. The van der Waals surface area contributed by atoms with Crippen LogP contribution >= 0.6 is 22.7 Å². The lowest BCUT2D eigenvalue weighted by molar-refractivity contribution is 0.415. The number of nitrogens with zero attached hydrogens (tertiary/aromatic N) is 5. The Kier molecular flexibility index (Phi) is 3.43. The van der Waals surface area contributed by atoms with Crippen molar-refractivity contribution in [1.29, 1.82) is 0 Å². The predicted octanol–water partition coefficient (Wildman–Crippen LogP) is 3.37. The Hall–Kier alpha value is -2.52. The minimum atomic E-state index is 0.516. The maximum Gasteiger partial charge on any atom is 0.250 e. The molecule has 0 fully saturated rings. The highest BCUT2D eigenvalue weighted by molar-refractivity contribution is 7.15. The van der Waals surface area contributed by atoms with Crippen LogP contribution in [0, 0.1) is 6.92 Å². The van der Waals surface area contributed by atoms with Gasteiger partial charge in [-0.05, 0) is 31.2 Å². The number of fused-ring (bicyclic) bond motifs is 1. The van der Waals surface area contributed by atoms with Crippen molar-refractivity contribution in [3.63, 3.8) is 0 Å². The summed E-state index contributed by atoms with van der Waals surface area (Å²) in [7, 11) is 1.66. The Bertz CT molecular complexity index is 955. The van der Waals surface area contributed by atoms with Gasteiger partial charge in [0.25, 0.3) is 0 Å². The zero-order valence-corrected chi connectivity index (χ0v) is 14.0. The van der Waals surface area contributed by atoms with Crippen molar-refractivity contribution in [1.82, 2.24) is 24.8 Å². The van der Waals surface area contributed by atoms with Crippen LogP contribution in [0.2, 0.25) is 0 Å². The molecule has 0 amide bonds. The average molecular weight is 344 g/mol. The number of anilines is 2. The highest BCUT2D eigenvalue weighted by Gasteiger charge is 2.12. The van der Waals surface area contributed by atoms with Gasteiger partial charge < -0.3 is 4.74 Å². The lowest BCUT2D eigenvalue weighted by Gasteiger charge is -2.01. The highest BCUT2D eigenvalue weighted by Crippen LogP contribution is 2.28. The van der Waals surface area contributed by atoms with E-state index < -0.39 is 0 Å². The molecule has 0 unspecified atom stereocenters. The molecule has 1 aromatic carbocycles. The number of benzene rings is 1. The predicted molar refractivity (Wildman–Crippen MR) is 90.8 cm³/mol. The van der Waals surface area contributed by atoms with E-state index >= 15 is 0 Å². The molecule has 1 N–H and O–H groups in total. The fourth-order valence-corrected chi connectivity index (χ4v) is 3.55. The van der Waals surface area contributed by atoms with Crippen molar-refractivity contribution >= 4 is 38.7 Å². The summed E-state index contributed by atoms with van der Waals surface area (Å²) in [6.07, 6.45) is 0. The number of hydrogen-bond donors (Lipinski definition) is 1. The molecule has 4 rings (SSSR count). The van der Waals surface area contributed by atoms with Gasteiger partial charge in [0.15, 0.2) is 0 Å². The molecule has 0 radical (unpaired) electrons. The normalized spacial score (nSPS) is 11.0. The van der Waals surface area contributed by atoms with Gasteiger partial charge >= 0.3 is 0 Å². The number of ether oxygens (including phenoxy) is 1. The third-order valence-electron chi connectivity index (χ3n) is 3.21. The Labute approximate surface area is 139 Å². The molecule has 0 aliphatic carbocycles. The second kappa shape index (κ2) is 5.60. The zero-order valence-electron chi connectivity index (χ0n) is 12.3. The molecule has 23 heavy (non-hydrogen) atoms. The van der Waals surface area contributed by atoms with Crippen molar-refractivity contribution in [2.75, 3.05) is 12.4 Å². The van der Waals surface area contributed by atoms with E-state index in [9.17, 15) is 0 Å². The summed E-state index contributed by atoms with van der Waals surface area (Å²) in [5.41, 5.74) is 2.04. The Morgan fingerprint density at radius 1 is 1.17 bits per heavy atom. The molecule has 9 heteroatoms. The lowest BCUT2D eigenvalue weighted by atomic mass is 10.2. The number of methoxy groups -OCH3 is 1. The number of nitrogens with one attached hydrogen (secondary N) is 1. The third-order valence-corrected chi connectivity index (χ3v) is 4.78. The van der Waals surface area contributed by atoms with E-state index in [1.165, 1.54) is 11.3 Å². The summed E-state index contributed by atoms with van der Waals surface area (Å²) in [6, 6.07) is 7.87. The van der Waals surface area contributed by atoms with Crippen molar-refractivity contribution in [3.8, 4) is 17.0 Å². The van der Waals surface area contributed by atoms with Gasteiger partial charge in [-0.15, -0.1) is 26.6 Å². The molecule has 0 saturated carbocycles. The van der Waals surface area contributed by atoms with Gasteiger partial charge in [0, 0.05) is 10.9 Å². The average Bonchev–Trinajstić information content (AvgIpc) is 3.24.